The molecule has 1 aromatic heterocycles. The predicted molar refractivity (Wildman–Crippen MR) is 144 cm³/mol. The molecule has 0 radical (unpaired) electrons. The zero-order chi connectivity index (χ0) is 26.1. The normalized spacial score (nSPS) is 16.9. The number of nitrogens with zero attached hydrogens (tertiary/aromatic N) is 3. The summed E-state index contributed by atoms with van der Waals surface area (Å²) < 4.78 is 14.0. The fraction of sp³-hybridized carbons (Fsp3) is 0.0769. The van der Waals surface area contributed by atoms with Crippen LogP contribution in [0.25, 0.3) is 5.76 Å². The number of Topliss-reactive ketones (excluding diaryl/α,β-unsaturated/α-hetero) is 1. The second-order valence-corrected chi connectivity index (χ2v) is 11.0. The largest absolute Gasteiger partial charge is 0.507 e. The number of aliphatic hydroxyl groups excluding tert-OH is 1. The van der Waals surface area contributed by atoms with Gasteiger partial charge in [-0.15, -0.1) is 10.2 Å². The average molecular weight is 572 g/mol. The second-order valence-electron chi connectivity index (χ2n) is 7.96. The van der Waals surface area contributed by atoms with Crippen molar-refractivity contribution in [3.8, 4) is 0 Å². The number of aromatic nitrogens is 2. The van der Waals surface area contributed by atoms with Crippen LogP contribution in [0.4, 0.5) is 9.52 Å². The van der Waals surface area contributed by atoms with E-state index in [0.717, 1.165) is 29.0 Å². The summed E-state index contributed by atoms with van der Waals surface area (Å²) >= 11 is 14.8. The summed E-state index contributed by atoms with van der Waals surface area (Å²) in [6.45, 7) is 0. The first-order valence-electron chi connectivity index (χ1n) is 10.9. The Balaban J connectivity index is 1.54. The van der Waals surface area contributed by atoms with Crippen LogP contribution in [0.1, 0.15) is 22.7 Å². The van der Waals surface area contributed by atoms with Gasteiger partial charge in [0.1, 0.15) is 11.6 Å². The van der Waals surface area contributed by atoms with E-state index in [1.165, 1.54) is 28.8 Å². The van der Waals surface area contributed by atoms with E-state index in [2.05, 4.69) is 10.2 Å². The highest BCUT2D eigenvalue weighted by atomic mass is 35.5. The first-order valence-corrected chi connectivity index (χ1v) is 13.4. The molecule has 0 saturated carbocycles. The summed E-state index contributed by atoms with van der Waals surface area (Å²) in [5.41, 5.74) is 1.52. The summed E-state index contributed by atoms with van der Waals surface area (Å²) in [5.74, 6) is -2.12. The van der Waals surface area contributed by atoms with Crippen molar-refractivity contribution in [1.29, 1.82) is 0 Å². The van der Waals surface area contributed by atoms with Crippen LogP contribution in [0.2, 0.25) is 10.0 Å². The number of benzene rings is 3. The van der Waals surface area contributed by atoms with Gasteiger partial charge >= 0.3 is 5.91 Å². The van der Waals surface area contributed by atoms with Crippen LogP contribution in [-0.4, -0.2) is 27.0 Å². The molecule has 1 saturated heterocycles. The maximum atomic E-state index is 13.5. The highest BCUT2D eigenvalue weighted by Gasteiger charge is 2.48. The van der Waals surface area contributed by atoms with Crippen molar-refractivity contribution in [3.63, 3.8) is 0 Å². The number of rotatable bonds is 6. The molecular formula is C26H16Cl2FN3O3S2. The molecule has 1 fully saturated rings. The van der Waals surface area contributed by atoms with Gasteiger partial charge in [0.2, 0.25) is 5.13 Å². The molecule has 4 aromatic rings. The summed E-state index contributed by atoms with van der Waals surface area (Å²) in [7, 11) is 0. The molecule has 1 aliphatic rings. The van der Waals surface area contributed by atoms with Crippen molar-refractivity contribution in [3.05, 3.63) is 111 Å². The molecule has 1 N–H and O–H groups in total. The SMILES string of the molecule is O=C1C(=O)N(c2nnc(SCc3ccccc3Cl)s2)C(c2ccc(Cl)cc2)/C1=C(/O)c1ccc(F)cc1. The summed E-state index contributed by atoms with van der Waals surface area (Å²) in [5, 5.41) is 20.7. The fourth-order valence-corrected chi connectivity index (χ4v) is 6.15. The zero-order valence-electron chi connectivity index (χ0n) is 18.8. The lowest BCUT2D eigenvalue weighted by molar-refractivity contribution is -0.132. The van der Waals surface area contributed by atoms with Gasteiger partial charge in [0.25, 0.3) is 5.78 Å². The van der Waals surface area contributed by atoms with Crippen LogP contribution in [0.15, 0.2) is 82.7 Å². The monoisotopic (exact) mass is 571 g/mol. The minimum absolute atomic E-state index is 0.139. The molecule has 0 spiro atoms. The van der Waals surface area contributed by atoms with Gasteiger partial charge in [-0.25, -0.2) is 4.39 Å². The standard InChI is InChI=1S/C26H16Cl2FN3O3S2/c27-17-9-5-14(6-10-17)21-20(22(33)15-7-11-18(29)12-8-15)23(34)24(35)32(21)25-30-31-26(37-25)36-13-16-3-1-2-4-19(16)28/h1-12,21,33H,13H2/b22-20-. The quantitative estimate of drug-likeness (QED) is 0.0890. The number of anilines is 1. The van der Waals surface area contributed by atoms with Crippen LogP contribution in [0.3, 0.4) is 0 Å². The molecule has 186 valence electrons. The van der Waals surface area contributed by atoms with Crippen LogP contribution in [0.5, 0.6) is 0 Å². The van der Waals surface area contributed by atoms with Crippen molar-refractivity contribution in [1.82, 2.24) is 10.2 Å². The lowest BCUT2D eigenvalue weighted by Crippen LogP contribution is -2.29. The molecule has 11 heteroatoms. The number of thioether (sulfide) groups is 1. The number of carbonyl (C=O) groups is 2. The molecule has 1 unspecified atom stereocenters. The minimum atomic E-state index is -0.989. The van der Waals surface area contributed by atoms with E-state index in [1.54, 1.807) is 30.3 Å². The van der Waals surface area contributed by atoms with E-state index in [-0.39, 0.29) is 16.3 Å². The van der Waals surface area contributed by atoms with Gasteiger partial charge in [0.15, 0.2) is 4.34 Å². The maximum absolute atomic E-state index is 13.5. The van der Waals surface area contributed by atoms with E-state index < -0.39 is 29.3 Å². The van der Waals surface area contributed by atoms with E-state index in [9.17, 15) is 19.1 Å². The Kier molecular flexibility index (Phi) is 7.30. The average Bonchev–Trinajstić information content (AvgIpc) is 3.46. The van der Waals surface area contributed by atoms with Crippen molar-refractivity contribution >= 4 is 68.9 Å². The predicted octanol–water partition coefficient (Wildman–Crippen LogP) is 6.90. The third-order valence-electron chi connectivity index (χ3n) is 5.66. The number of halogens is 3. The third-order valence-corrected chi connectivity index (χ3v) is 8.38. The molecule has 5 rings (SSSR count). The van der Waals surface area contributed by atoms with Crippen molar-refractivity contribution < 1.29 is 19.1 Å². The lowest BCUT2D eigenvalue weighted by atomic mass is 9.95. The lowest BCUT2D eigenvalue weighted by Gasteiger charge is -2.22. The molecule has 0 aliphatic carbocycles. The van der Waals surface area contributed by atoms with E-state index in [0.29, 0.717) is 25.7 Å². The van der Waals surface area contributed by atoms with Crippen molar-refractivity contribution in [2.75, 3.05) is 4.90 Å². The number of hydrogen-bond acceptors (Lipinski definition) is 7. The number of ketones is 1. The van der Waals surface area contributed by atoms with Gasteiger partial charge in [0, 0.05) is 21.4 Å². The highest BCUT2D eigenvalue weighted by Crippen LogP contribution is 2.44. The Morgan fingerprint density at radius 1 is 1.00 bits per heavy atom. The molecule has 3 aromatic carbocycles. The van der Waals surface area contributed by atoms with Crippen LogP contribution in [0, 0.1) is 5.82 Å². The molecule has 37 heavy (non-hydrogen) atoms. The van der Waals surface area contributed by atoms with Gasteiger partial charge in [0.05, 0.1) is 11.6 Å². The van der Waals surface area contributed by atoms with Gasteiger partial charge in [-0.3, -0.25) is 14.5 Å². The highest BCUT2D eigenvalue weighted by molar-refractivity contribution is 8.00. The van der Waals surface area contributed by atoms with Crippen molar-refractivity contribution in [2.24, 2.45) is 0 Å². The van der Waals surface area contributed by atoms with Crippen LogP contribution in [-0.2, 0) is 15.3 Å². The van der Waals surface area contributed by atoms with Gasteiger partial charge in [-0.2, -0.15) is 0 Å². The third kappa shape index (κ3) is 5.13. The van der Waals surface area contributed by atoms with Gasteiger partial charge in [-0.1, -0.05) is 76.6 Å². The zero-order valence-corrected chi connectivity index (χ0v) is 21.9. The number of aliphatic hydroxyl groups is 1. The molecule has 6 nitrogen and oxygen atoms in total. The summed E-state index contributed by atoms with van der Waals surface area (Å²) in [6, 6.07) is 18.0. The van der Waals surface area contributed by atoms with Gasteiger partial charge in [-0.05, 0) is 53.6 Å². The van der Waals surface area contributed by atoms with E-state index >= 15 is 0 Å². The van der Waals surface area contributed by atoms with Crippen molar-refractivity contribution in [2.45, 2.75) is 16.1 Å². The van der Waals surface area contributed by atoms with Gasteiger partial charge < -0.3 is 5.11 Å². The fourth-order valence-electron chi connectivity index (χ4n) is 3.87. The number of hydrogen-bond donors (Lipinski definition) is 1. The minimum Gasteiger partial charge on any atom is -0.507 e. The van der Waals surface area contributed by atoms with E-state index in [1.807, 2.05) is 18.2 Å². The Labute approximate surface area is 229 Å². The Hall–Kier alpha value is -3.24. The maximum Gasteiger partial charge on any atom is 0.301 e. The Morgan fingerprint density at radius 3 is 2.41 bits per heavy atom. The molecule has 1 amide bonds. The van der Waals surface area contributed by atoms with Crippen LogP contribution >= 0.6 is 46.3 Å². The molecular weight excluding hydrogens is 556 g/mol. The Morgan fingerprint density at radius 2 is 1.70 bits per heavy atom. The molecule has 1 atom stereocenters. The number of carbonyl (C=O) groups excluding carboxylic acids is 2. The van der Waals surface area contributed by atoms with E-state index in [4.69, 9.17) is 23.2 Å². The smallest absolute Gasteiger partial charge is 0.301 e. The first kappa shape index (κ1) is 25.4. The van der Waals surface area contributed by atoms with Crippen LogP contribution < -0.4 is 4.90 Å². The number of amides is 1. The Bertz CT molecular complexity index is 1520. The topological polar surface area (TPSA) is 83.4 Å². The summed E-state index contributed by atoms with van der Waals surface area (Å²) in [4.78, 5) is 27.7. The first-order chi connectivity index (χ1) is 17.8. The second kappa shape index (κ2) is 10.6. The molecule has 0 bridgehead atoms. The molecule has 2 heterocycles. The molecule has 1 aliphatic heterocycles. The summed E-state index contributed by atoms with van der Waals surface area (Å²) in [6.07, 6.45) is 0.